The van der Waals surface area contributed by atoms with Gasteiger partial charge in [0.2, 0.25) is 0 Å². The van der Waals surface area contributed by atoms with Crippen LogP contribution in [0.3, 0.4) is 0 Å². The van der Waals surface area contributed by atoms with E-state index >= 15 is 0 Å². The van der Waals surface area contributed by atoms with Crippen LogP contribution >= 0.6 is 0 Å². The summed E-state index contributed by atoms with van der Waals surface area (Å²) in [6, 6.07) is 5.85. The van der Waals surface area contributed by atoms with Crippen molar-refractivity contribution in [1.29, 1.82) is 0 Å². The molecule has 92 valence electrons. The van der Waals surface area contributed by atoms with Crippen molar-refractivity contribution < 1.29 is 19.9 Å². The lowest BCUT2D eigenvalue weighted by Gasteiger charge is -2.11. The van der Waals surface area contributed by atoms with Gasteiger partial charge < -0.3 is 10.4 Å². The Hall–Kier alpha value is -1.92. The highest BCUT2D eigenvalue weighted by Crippen LogP contribution is 2.05. The molecule has 0 aliphatic carbocycles. The molecule has 0 spiro atoms. The van der Waals surface area contributed by atoms with Crippen LogP contribution in [0.2, 0.25) is 0 Å². The van der Waals surface area contributed by atoms with E-state index in [0.717, 1.165) is 5.56 Å². The van der Waals surface area contributed by atoms with Gasteiger partial charge in [-0.2, -0.15) is 0 Å². The van der Waals surface area contributed by atoms with Gasteiger partial charge >= 0.3 is 5.97 Å². The molecule has 0 bridgehead atoms. The molecule has 1 atom stereocenters. The predicted molar refractivity (Wildman–Crippen MR) is 59.6 cm³/mol. The lowest BCUT2D eigenvalue weighted by atomic mass is 10.1. The molecular weight excluding hydrogens is 224 g/mol. The molecule has 0 saturated carbocycles. The Balaban J connectivity index is 2.60. The standard InChI is InChI=1S/C11H14N2O4/c1-7(10(14)13-17)12-6-8-3-2-4-9(5-8)11(15)16/h2-5,7,12,17H,6H2,1H3,(H,13,14)(H,15,16)/t7-/m0/s1. The van der Waals surface area contributed by atoms with Crippen LogP contribution in [0.5, 0.6) is 0 Å². The Kier molecular flexibility index (Phi) is 4.62. The molecule has 0 radical (unpaired) electrons. The number of carboxylic acid groups (broad SMARTS) is 1. The third kappa shape index (κ3) is 3.86. The SMILES string of the molecule is C[C@H](NCc1cccc(C(=O)O)c1)C(=O)NO. The molecule has 0 aliphatic rings. The molecule has 1 aromatic rings. The molecule has 0 aliphatic heterocycles. The molecule has 1 rings (SSSR count). The number of hydrogen-bond acceptors (Lipinski definition) is 4. The zero-order valence-corrected chi connectivity index (χ0v) is 9.30. The normalized spacial score (nSPS) is 11.9. The van der Waals surface area contributed by atoms with Crippen LogP contribution in [0, 0.1) is 0 Å². The van der Waals surface area contributed by atoms with Gasteiger partial charge in [-0.3, -0.25) is 10.0 Å². The Morgan fingerprint density at radius 1 is 1.41 bits per heavy atom. The van der Waals surface area contributed by atoms with Crippen LogP contribution in [-0.2, 0) is 11.3 Å². The van der Waals surface area contributed by atoms with Gasteiger partial charge in [0.1, 0.15) is 0 Å². The molecule has 0 unspecified atom stereocenters. The number of amides is 1. The highest BCUT2D eigenvalue weighted by molar-refractivity contribution is 5.87. The van der Waals surface area contributed by atoms with E-state index in [-0.39, 0.29) is 5.56 Å². The van der Waals surface area contributed by atoms with Gasteiger partial charge in [0.25, 0.3) is 5.91 Å². The number of carbonyl (C=O) groups excluding carboxylic acids is 1. The Bertz CT molecular complexity index is 420. The van der Waals surface area contributed by atoms with E-state index in [1.807, 2.05) is 0 Å². The lowest BCUT2D eigenvalue weighted by molar-refractivity contribution is -0.131. The van der Waals surface area contributed by atoms with E-state index in [0.29, 0.717) is 6.54 Å². The Morgan fingerprint density at radius 2 is 2.12 bits per heavy atom. The van der Waals surface area contributed by atoms with Gasteiger partial charge in [-0.25, -0.2) is 10.3 Å². The molecule has 0 saturated heterocycles. The van der Waals surface area contributed by atoms with Crippen LogP contribution in [0.1, 0.15) is 22.8 Å². The average Bonchev–Trinajstić information content (AvgIpc) is 2.35. The highest BCUT2D eigenvalue weighted by Gasteiger charge is 2.11. The minimum Gasteiger partial charge on any atom is -0.478 e. The van der Waals surface area contributed by atoms with Crippen molar-refractivity contribution >= 4 is 11.9 Å². The van der Waals surface area contributed by atoms with Crippen molar-refractivity contribution in [3.63, 3.8) is 0 Å². The third-order valence-electron chi connectivity index (χ3n) is 2.29. The molecule has 1 amide bonds. The van der Waals surface area contributed by atoms with Gasteiger partial charge in [0.15, 0.2) is 0 Å². The van der Waals surface area contributed by atoms with Crippen LogP contribution in [-0.4, -0.2) is 28.2 Å². The fourth-order valence-corrected chi connectivity index (χ4v) is 1.27. The molecule has 6 heteroatoms. The number of carboxylic acids is 1. The fraction of sp³-hybridized carbons (Fsp3) is 0.273. The summed E-state index contributed by atoms with van der Waals surface area (Å²) >= 11 is 0. The number of hydrogen-bond donors (Lipinski definition) is 4. The van der Waals surface area contributed by atoms with Crippen LogP contribution in [0.4, 0.5) is 0 Å². The summed E-state index contributed by atoms with van der Waals surface area (Å²) in [5.41, 5.74) is 2.49. The highest BCUT2D eigenvalue weighted by atomic mass is 16.5. The topological polar surface area (TPSA) is 98.7 Å². The maximum atomic E-state index is 11.0. The first-order valence-electron chi connectivity index (χ1n) is 5.04. The monoisotopic (exact) mass is 238 g/mol. The Labute approximate surface area is 98.2 Å². The van der Waals surface area contributed by atoms with Crippen molar-refractivity contribution in [2.45, 2.75) is 19.5 Å². The first kappa shape index (κ1) is 13.1. The second kappa shape index (κ2) is 5.97. The first-order chi connectivity index (χ1) is 8.04. The van der Waals surface area contributed by atoms with Crippen LogP contribution in [0.25, 0.3) is 0 Å². The predicted octanol–water partition coefficient (Wildman–Crippen LogP) is 0.368. The maximum absolute atomic E-state index is 11.0. The number of hydroxylamine groups is 1. The van der Waals surface area contributed by atoms with E-state index < -0.39 is 17.9 Å². The summed E-state index contributed by atoms with van der Waals surface area (Å²) in [5.74, 6) is -1.53. The largest absolute Gasteiger partial charge is 0.478 e. The number of carbonyl (C=O) groups is 2. The zero-order chi connectivity index (χ0) is 12.8. The minimum absolute atomic E-state index is 0.198. The van der Waals surface area contributed by atoms with E-state index in [1.54, 1.807) is 19.1 Å². The summed E-state index contributed by atoms with van der Waals surface area (Å²) in [5, 5.41) is 20.0. The van der Waals surface area contributed by atoms with Gasteiger partial charge in [0, 0.05) is 6.54 Å². The number of nitrogens with one attached hydrogen (secondary N) is 2. The van der Waals surface area contributed by atoms with E-state index in [4.69, 9.17) is 10.3 Å². The van der Waals surface area contributed by atoms with Crippen LogP contribution < -0.4 is 10.8 Å². The summed E-state index contributed by atoms with van der Waals surface area (Å²) in [7, 11) is 0. The second-order valence-electron chi connectivity index (χ2n) is 3.58. The fourth-order valence-electron chi connectivity index (χ4n) is 1.27. The minimum atomic E-state index is -0.993. The van der Waals surface area contributed by atoms with Gasteiger partial charge in [-0.05, 0) is 24.6 Å². The second-order valence-corrected chi connectivity index (χ2v) is 3.58. The van der Waals surface area contributed by atoms with E-state index in [2.05, 4.69) is 5.32 Å². The zero-order valence-electron chi connectivity index (χ0n) is 9.30. The molecular formula is C11H14N2O4. The van der Waals surface area contributed by atoms with Crippen molar-refractivity contribution in [2.24, 2.45) is 0 Å². The summed E-state index contributed by atoms with van der Waals surface area (Å²) in [4.78, 5) is 21.7. The quantitative estimate of drug-likeness (QED) is 0.439. The van der Waals surface area contributed by atoms with Crippen molar-refractivity contribution in [2.75, 3.05) is 0 Å². The van der Waals surface area contributed by atoms with Crippen molar-refractivity contribution in [3.8, 4) is 0 Å². The van der Waals surface area contributed by atoms with Crippen molar-refractivity contribution in [3.05, 3.63) is 35.4 Å². The van der Waals surface area contributed by atoms with E-state index in [9.17, 15) is 9.59 Å². The Morgan fingerprint density at radius 3 is 2.71 bits per heavy atom. The third-order valence-corrected chi connectivity index (χ3v) is 2.29. The van der Waals surface area contributed by atoms with Gasteiger partial charge in [0.05, 0.1) is 11.6 Å². The van der Waals surface area contributed by atoms with Crippen molar-refractivity contribution in [1.82, 2.24) is 10.8 Å². The van der Waals surface area contributed by atoms with Crippen LogP contribution in [0.15, 0.2) is 24.3 Å². The molecule has 1 aromatic carbocycles. The summed E-state index contributed by atoms with van der Waals surface area (Å²) < 4.78 is 0. The first-order valence-corrected chi connectivity index (χ1v) is 5.04. The smallest absolute Gasteiger partial charge is 0.335 e. The number of aromatic carboxylic acids is 1. The molecule has 4 N–H and O–H groups in total. The lowest BCUT2D eigenvalue weighted by Crippen LogP contribution is -2.40. The molecule has 6 nitrogen and oxygen atoms in total. The molecule has 0 fully saturated rings. The molecule has 17 heavy (non-hydrogen) atoms. The summed E-state index contributed by atoms with van der Waals surface area (Å²) in [6.45, 7) is 1.93. The van der Waals surface area contributed by atoms with Gasteiger partial charge in [-0.15, -0.1) is 0 Å². The maximum Gasteiger partial charge on any atom is 0.335 e. The molecule has 0 heterocycles. The number of rotatable bonds is 5. The average molecular weight is 238 g/mol. The van der Waals surface area contributed by atoms with Gasteiger partial charge in [-0.1, -0.05) is 12.1 Å². The molecule has 0 aromatic heterocycles. The van der Waals surface area contributed by atoms with E-state index in [1.165, 1.54) is 17.6 Å². The number of benzene rings is 1. The summed E-state index contributed by atoms with van der Waals surface area (Å²) in [6.07, 6.45) is 0.